The molecule has 0 saturated carbocycles. The molecule has 5 aromatic rings. The van der Waals surface area contributed by atoms with Gasteiger partial charge in [0.1, 0.15) is 22.3 Å². The Morgan fingerprint density at radius 1 is 0.667 bits per heavy atom. The topological polar surface area (TPSA) is 26.3 Å². The number of rotatable bonds is 0. The van der Waals surface area contributed by atoms with E-state index in [1.807, 2.05) is 36.4 Å². The summed E-state index contributed by atoms with van der Waals surface area (Å²) in [5.41, 5.74) is 4.80. The third kappa shape index (κ3) is 1.32. The fourth-order valence-corrected chi connectivity index (χ4v) is 3.23. The zero-order chi connectivity index (χ0) is 14.0. The van der Waals surface area contributed by atoms with Crippen LogP contribution in [-0.2, 0) is 0 Å². The van der Waals surface area contributed by atoms with Crippen LogP contribution in [0.2, 0.25) is 0 Å². The van der Waals surface area contributed by atoms with E-state index in [0.717, 1.165) is 49.4 Å². The summed E-state index contributed by atoms with van der Waals surface area (Å²) in [5, 5.41) is 4.50. The molecule has 0 saturated heterocycles. The second-order valence-electron chi connectivity index (χ2n) is 5.47. The lowest BCUT2D eigenvalue weighted by Crippen LogP contribution is -1.75. The minimum atomic E-state index is 0.906. The second kappa shape index (κ2) is 3.67. The normalized spacial score (nSPS) is 12.0. The van der Waals surface area contributed by atoms with Crippen molar-refractivity contribution in [1.82, 2.24) is 0 Å². The van der Waals surface area contributed by atoms with Gasteiger partial charge in [-0.15, -0.1) is 0 Å². The number of furan rings is 2. The van der Waals surface area contributed by atoms with Gasteiger partial charge in [0, 0.05) is 16.2 Å². The highest BCUT2D eigenvalue weighted by molar-refractivity contribution is 6.22. The van der Waals surface area contributed by atoms with Crippen LogP contribution in [-0.4, -0.2) is 0 Å². The molecule has 0 bridgehead atoms. The average Bonchev–Trinajstić information content (AvgIpc) is 3.06. The average molecular weight is 272 g/mol. The number of hydrogen-bond donors (Lipinski definition) is 0. The summed E-state index contributed by atoms with van der Waals surface area (Å²) in [5.74, 6) is 0. The van der Waals surface area contributed by atoms with Crippen molar-refractivity contribution in [2.45, 2.75) is 6.92 Å². The van der Waals surface area contributed by atoms with E-state index in [1.165, 1.54) is 0 Å². The van der Waals surface area contributed by atoms with Crippen molar-refractivity contribution in [3.05, 3.63) is 60.2 Å². The SMILES string of the molecule is Cc1cc2c3ccccc3oc2c2c1oc1ccccc12. The minimum Gasteiger partial charge on any atom is -0.456 e. The molecule has 0 N–H and O–H groups in total. The lowest BCUT2D eigenvalue weighted by Gasteiger charge is -1.96. The molecule has 2 aromatic heterocycles. The molecular weight excluding hydrogens is 260 g/mol. The van der Waals surface area contributed by atoms with Crippen molar-refractivity contribution < 1.29 is 8.83 Å². The fraction of sp³-hybridized carbons (Fsp3) is 0.0526. The summed E-state index contributed by atoms with van der Waals surface area (Å²) < 4.78 is 12.2. The molecule has 5 rings (SSSR count). The molecule has 2 nitrogen and oxygen atoms in total. The Balaban J connectivity index is 2.17. The van der Waals surface area contributed by atoms with E-state index in [4.69, 9.17) is 8.83 Å². The van der Waals surface area contributed by atoms with Crippen LogP contribution in [0.25, 0.3) is 43.9 Å². The molecular formula is C19H12O2. The van der Waals surface area contributed by atoms with Crippen molar-refractivity contribution >= 4 is 43.9 Å². The first-order chi connectivity index (χ1) is 10.3. The monoisotopic (exact) mass is 272 g/mol. The molecule has 0 aliphatic rings. The quantitative estimate of drug-likeness (QED) is 0.356. The van der Waals surface area contributed by atoms with E-state index in [0.29, 0.717) is 0 Å². The number of fused-ring (bicyclic) bond motifs is 7. The lowest BCUT2D eigenvalue weighted by atomic mass is 10.0. The number of hydrogen-bond acceptors (Lipinski definition) is 2. The lowest BCUT2D eigenvalue weighted by molar-refractivity contribution is 0.660. The minimum absolute atomic E-state index is 0.906. The van der Waals surface area contributed by atoms with Crippen LogP contribution in [0, 0.1) is 6.92 Å². The maximum absolute atomic E-state index is 6.13. The first kappa shape index (κ1) is 11.0. The third-order valence-corrected chi connectivity index (χ3v) is 4.18. The molecule has 0 amide bonds. The largest absolute Gasteiger partial charge is 0.456 e. The van der Waals surface area contributed by atoms with Gasteiger partial charge in [-0.25, -0.2) is 0 Å². The molecule has 3 aromatic carbocycles. The number of aryl methyl sites for hydroxylation is 1. The van der Waals surface area contributed by atoms with Crippen molar-refractivity contribution in [2.24, 2.45) is 0 Å². The Labute approximate surface area is 120 Å². The Kier molecular flexibility index (Phi) is 1.92. The second-order valence-corrected chi connectivity index (χ2v) is 5.47. The molecule has 2 heterocycles. The van der Waals surface area contributed by atoms with E-state index in [9.17, 15) is 0 Å². The molecule has 100 valence electrons. The predicted octanol–water partition coefficient (Wildman–Crippen LogP) is 5.79. The molecule has 0 spiro atoms. The van der Waals surface area contributed by atoms with E-state index >= 15 is 0 Å². The summed E-state index contributed by atoms with van der Waals surface area (Å²) in [6.07, 6.45) is 0. The van der Waals surface area contributed by atoms with Crippen LogP contribution in [0.1, 0.15) is 5.56 Å². The molecule has 0 unspecified atom stereocenters. The van der Waals surface area contributed by atoms with E-state index in [-0.39, 0.29) is 0 Å². The van der Waals surface area contributed by atoms with Crippen LogP contribution in [0.15, 0.2) is 63.4 Å². The van der Waals surface area contributed by atoms with E-state index < -0.39 is 0 Å². The van der Waals surface area contributed by atoms with Gasteiger partial charge in [-0.1, -0.05) is 36.4 Å². The Hall–Kier alpha value is -2.74. The van der Waals surface area contributed by atoms with Crippen LogP contribution < -0.4 is 0 Å². The first-order valence-corrected chi connectivity index (χ1v) is 7.05. The van der Waals surface area contributed by atoms with Gasteiger partial charge >= 0.3 is 0 Å². The van der Waals surface area contributed by atoms with Crippen molar-refractivity contribution in [1.29, 1.82) is 0 Å². The van der Waals surface area contributed by atoms with Crippen LogP contribution >= 0.6 is 0 Å². The van der Waals surface area contributed by atoms with Gasteiger partial charge < -0.3 is 8.83 Å². The van der Waals surface area contributed by atoms with Gasteiger partial charge in [-0.3, -0.25) is 0 Å². The summed E-state index contributed by atoms with van der Waals surface area (Å²) in [7, 11) is 0. The van der Waals surface area contributed by atoms with Crippen LogP contribution in [0.4, 0.5) is 0 Å². The van der Waals surface area contributed by atoms with Gasteiger partial charge in [0.25, 0.3) is 0 Å². The molecule has 0 aliphatic carbocycles. The highest BCUT2D eigenvalue weighted by Gasteiger charge is 2.17. The third-order valence-electron chi connectivity index (χ3n) is 4.18. The van der Waals surface area contributed by atoms with Gasteiger partial charge in [-0.2, -0.15) is 0 Å². The Morgan fingerprint density at radius 3 is 2.10 bits per heavy atom. The molecule has 2 heteroatoms. The number of para-hydroxylation sites is 2. The summed E-state index contributed by atoms with van der Waals surface area (Å²) in [4.78, 5) is 0. The standard InChI is InChI=1S/C19H12O2/c1-11-10-14-12-6-2-4-8-15(12)21-19(14)17-13-7-3-5-9-16(13)20-18(11)17/h2-10H,1H3. The Bertz CT molecular complexity index is 1140. The molecule has 0 fully saturated rings. The fourth-order valence-electron chi connectivity index (χ4n) is 3.23. The summed E-state index contributed by atoms with van der Waals surface area (Å²) in [6.45, 7) is 2.09. The van der Waals surface area contributed by atoms with Crippen molar-refractivity contribution in [3.8, 4) is 0 Å². The zero-order valence-electron chi connectivity index (χ0n) is 11.5. The predicted molar refractivity (Wildman–Crippen MR) is 85.7 cm³/mol. The van der Waals surface area contributed by atoms with E-state index in [1.54, 1.807) is 0 Å². The smallest absolute Gasteiger partial charge is 0.147 e. The molecule has 21 heavy (non-hydrogen) atoms. The number of benzene rings is 3. The molecule has 0 radical (unpaired) electrons. The molecule has 0 atom stereocenters. The zero-order valence-corrected chi connectivity index (χ0v) is 11.5. The van der Waals surface area contributed by atoms with Crippen molar-refractivity contribution in [2.75, 3.05) is 0 Å². The first-order valence-electron chi connectivity index (χ1n) is 7.05. The van der Waals surface area contributed by atoms with Crippen LogP contribution in [0.5, 0.6) is 0 Å². The maximum Gasteiger partial charge on any atom is 0.147 e. The van der Waals surface area contributed by atoms with E-state index in [2.05, 4.69) is 25.1 Å². The summed E-state index contributed by atoms with van der Waals surface area (Å²) >= 11 is 0. The maximum atomic E-state index is 6.13. The van der Waals surface area contributed by atoms with Gasteiger partial charge in [0.15, 0.2) is 0 Å². The van der Waals surface area contributed by atoms with Crippen LogP contribution in [0.3, 0.4) is 0 Å². The Morgan fingerprint density at radius 2 is 1.29 bits per heavy atom. The van der Waals surface area contributed by atoms with Gasteiger partial charge in [-0.05, 0) is 30.7 Å². The van der Waals surface area contributed by atoms with Crippen molar-refractivity contribution in [3.63, 3.8) is 0 Å². The van der Waals surface area contributed by atoms with Gasteiger partial charge in [0.2, 0.25) is 0 Å². The van der Waals surface area contributed by atoms with Gasteiger partial charge in [0.05, 0.1) is 5.39 Å². The molecule has 0 aliphatic heterocycles. The highest BCUT2D eigenvalue weighted by atomic mass is 16.3. The summed E-state index contributed by atoms with van der Waals surface area (Å²) in [6, 6.07) is 18.5. The highest BCUT2D eigenvalue weighted by Crippen LogP contribution is 2.40.